The van der Waals surface area contributed by atoms with Gasteiger partial charge in [0.05, 0.1) is 17.0 Å². The van der Waals surface area contributed by atoms with Gasteiger partial charge < -0.3 is 10.4 Å². The number of carboxylic acids is 1. The Morgan fingerprint density at radius 3 is 3.14 bits per heavy atom. The maximum atomic E-state index is 11.0. The molecule has 0 aliphatic carbocycles. The van der Waals surface area contributed by atoms with E-state index in [2.05, 4.69) is 11.4 Å². The van der Waals surface area contributed by atoms with Gasteiger partial charge in [0.2, 0.25) is 5.91 Å². The number of benzene rings is 1. The molecule has 0 aromatic heterocycles. The molecule has 1 aliphatic heterocycles. The summed E-state index contributed by atoms with van der Waals surface area (Å²) in [5.41, 5.74) is 0.753. The first-order chi connectivity index (χ1) is 6.66. The molecule has 1 aromatic rings. The molecule has 0 fully saturated rings. The van der Waals surface area contributed by atoms with Crippen LogP contribution in [0.2, 0.25) is 0 Å². The van der Waals surface area contributed by atoms with Crippen molar-refractivity contribution in [3.63, 3.8) is 0 Å². The minimum Gasteiger partial charge on any atom is -0.478 e. The second-order valence-electron chi connectivity index (χ2n) is 2.77. The van der Waals surface area contributed by atoms with Gasteiger partial charge in [-0.1, -0.05) is 0 Å². The van der Waals surface area contributed by atoms with Crippen LogP contribution >= 0.6 is 11.8 Å². The monoisotopic (exact) mass is 208 g/mol. The molecule has 1 amide bonds. The number of hydrogen-bond donors (Lipinski definition) is 2. The van der Waals surface area contributed by atoms with E-state index in [-0.39, 0.29) is 11.5 Å². The highest BCUT2D eigenvalue weighted by atomic mass is 32.2. The van der Waals surface area contributed by atoms with Gasteiger partial charge in [0.1, 0.15) is 0 Å². The first kappa shape index (κ1) is 9.08. The van der Waals surface area contributed by atoms with Crippen molar-refractivity contribution in [1.82, 2.24) is 0 Å². The number of carboxylic acid groups (broad SMARTS) is 1. The van der Waals surface area contributed by atoms with Gasteiger partial charge in [-0.15, -0.1) is 11.8 Å². The molecule has 71 valence electrons. The zero-order valence-electron chi connectivity index (χ0n) is 7.03. The number of carbonyl (C=O) groups is 2. The van der Waals surface area contributed by atoms with E-state index in [1.807, 2.05) is 0 Å². The van der Waals surface area contributed by atoms with Crippen molar-refractivity contribution < 1.29 is 14.7 Å². The van der Waals surface area contributed by atoms with Crippen molar-refractivity contribution in [2.45, 2.75) is 4.90 Å². The first-order valence-electron chi connectivity index (χ1n) is 3.88. The molecule has 0 saturated heterocycles. The largest absolute Gasteiger partial charge is 0.478 e. The quantitative estimate of drug-likeness (QED) is 0.728. The molecule has 0 spiro atoms. The number of aromatic carboxylic acids is 1. The molecule has 0 saturated carbocycles. The van der Waals surface area contributed by atoms with Crippen LogP contribution in [0, 0.1) is 6.07 Å². The van der Waals surface area contributed by atoms with E-state index in [0.717, 1.165) is 4.90 Å². The number of nitrogens with one attached hydrogen (secondary N) is 1. The zero-order valence-corrected chi connectivity index (χ0v) is 7.85. The molecule has 14 heavy (non-hydrogen) atoms. The van der Waals surface area contributed by atoms with E-state index in [1.165, 1.54) is 23.9 Å². The highest BCUT2D eigenvalue weighted by molar-refractivity contribution is 8.00. The second kappa shape index (κ2) is 3.34. The average Bonchev–Trinajstić information content (AvgIpc) is 2.16. The van der Waals surface area contributed by atoms with E-state index >= 15 is 0 Å². The lowest BCUT2D eigenvalue weighted by Gasteiger charge is -2.15. The molecule has 2 N–H and O–H groups in total. The summed E-state index contributed by atoms with van der Waals surface area (Å²) >= 11 is 1.33. The van der Waals surface area contributed by atoms with Crippen molar-refractivity contribution in [2.24, 2.45) is 0 Å². The van der Waals surface area contributed by atoms with Gasteiger partial charge >= 0.3 is 5.97 Å². The molecular formula is C9H6NO3S. The van der Waals surface area contributed by atoms with Gasteiger partial charge in [-0.3, -0.25) is 4.79 Å². The van der Waals surface area contributed by atoms with Crippen LogP contribution in [0.1, 0.15) is 10.4 Å². The van der Waals surface area contributed by atoms with Crippen molar-refractivity contribution in [3.8, 4) is 0 Å². The summed E-state index contributed by atoms with van der Waals surface area (Å²) in [7, 11) is 0. The van der Waals surface area contributed by atoms with Gasteiger partial charge in [0.25, 0.3) is 0 Å². The van der Waals surface area contributed by atoms with E-state index in [9.17, 15) is 9.59 Å². The molecule has 5 heteroatoms. The SMILES string of the molecule is O=C1CSc2cc(C(=O)O)[c]cc2N1. The molecule has 1 radical (unpaired) electrons. The number of anilines is 1. The standard InChI is InChI=1S/C9H6NO3S/c11-8-4-14-7-3-5(9(12)13)1-2-6(7)10-8/h2-3H,4H2,(H,10,11)(H,12,13). The van der Waals surface area contributed by atoms with Gasteiger partial charge in [-0.2, -0.15) is 0 Å². The summed E-state index contributed by atoms with van der Waals surface area (Å²) in [5.74, 6) is -0.750. The van der Waals surface area contributed by atoms with Crippen LogP contribution in [-0.2, 0) is 4.79 Å². The zero-order chi connectivity index (χ0) is 10.1. The highest BCUT2D eigenvalue weighted by Crippen LogP contribution is 2.31. The fourth-order valence-corrected chi connectivity index (χ4v) is 1.97. The fourth-order valence-electron chi connectivity index (χ4n) is 1.14. The summed E-state index contributed by atoms with van der Waals surface area (Å²) < 4.78 is 0. The van der Waals surface area contributed by atoms with Crippen molar-refractivity contribution in [2.75, 3.05) is 11.1 Å². The summed E-state index contributed by atoms with van der Waals surface area (Å²) in [4.78, 5) is 22.4. The minimum atomic E-state index is -1.01. The van der Waals surface area contributed by atoms with E-state index in [0.29, 0.717) is 11.4 Å². The summed E-state index contributed by atoms with van der Waals surface area (Å²) in [6.07, 6.45) is 0. The van der Waals surface area contributed by atoms with Crippen molar-refractivity contribution >= 4 is 29.3 Å². The Labute approximate surface area is 84.3 Å². The Morgan fingerprint density at radius 1 is 1.64 bits per heavy atom. The van der Waals surface area contributed by atoms with E-state index in [1.54, 1.807) is 0 Å². The maximum absolute atomic E-state index is 11.0. The van der Waals surface area contributed by atoms with Crippen LogP contribution in [0.25, 0.3) is 0 Å². The van der Waals surface area contributed by atoms with Crippen LogP contribution in [0.5, 0.6) is 0 Å². The third-order valence-electron chi connectivity index (χ3n) is 1.78. The fraction of sp³-hybridized carbons (Fsp3) is 0.111. The van der Waals surface area contributed by atoms with Crippen LogP contribution in [0.15, 0.2) is 17.0 Å². The lowest BCUT2D eigenvalue weighted by molar-refractivity contribution is -0.113. The Morgan fingerprint density at radius 2 is 2.43 bits per heavy atom. The molecule has 0 atom stereocenters. The van der Waals surface area contributed by atoms with Gasteiger partial charge in [-0.05, 0) is 18.2 Å². The maximum Gasteiger partial charge on any atom is 0.336 e. The van der Waals surface area contributed by atoms with Crippen LogP contribution < -0.4 is 5.32 Å². The summed E-state index contributed by atoms with van der Waals surface area (Å²) in [6.45, 7) is 0. The molecule has 1 aromatic carbocycles. The van der Waals surface area contributed by atoms with E-state index < -0.39 is 5.97 Å². The number of amides is 1. The molecule has 2 rings (SSSR count). The van der Waals surface area contributed by atoms with Gasteiger partial charge in [-0.25, -0.2) is 4.79 Å². The summed E-state index contributed by atoms with van der Waals surface area (Å²) in [6, 6.07) is 5.59. The summed E-state index contributed by atoms with van der Waals surface area (Å²) in [5, 5.41) is 11.4. The Kier molecular flexibility index (Phi) is 2.17. The lowest BCUT2D eigenvalue weighted by atomic mass is 10.2. The third-order valence-corrected chi connectivity index (χ3v) is 2.83. The molecule has 1 heterocycles. The number of fused-ring (bicyclic) bond motifs is 1. The van der Waals surface area contributed by atoms with Gasteiger partial charge in [0.15, 0.2) is 0 Å². The normalized spacial score (nSPS) is 14.4. The Balaban J connectivity index is 2.41. The van der Waals surface area contributed by atoms with Crippen LogP contribution in [0.3, 0.4) is 0 Å². The minimum absolute atomic E-state index is 0.0704. The van der Waals surface area contributed by atoms with Crippen molar-refractivity contribution in [3.05, 3.63) is 23.8 Å². The first-order valence-corrected chi connectivity index (χ1v) is 4.87. The van der Waals surface area contributed by atoms with Crippen LogP contribution in [0.4, 0.5) is 5.69 Å². The number of thioether (sulfide) groups is 1. The average molecular weight is 208 g/mol. The third kappa shape index (κ3) is 1.58. The van der Waals surface area contributed by atoms with Crippen LogP contribution in [-0.4, -0.2) is 22.7 Å². The van der Waals surface area contributed by atoms with E-state index in [4.69, 9.17) is 5.11 Å². The lowest BCUT2D eigenvalue weighted by Crippen LogP contribution is -2.18. The predicted molar refractivity (Wildman–Crippen MR) is 51.6 cm³/mol. The smallest absolute Gasteiger partial charge is 0.336 e. The highest BCUT2D eigenvalue weighted by Gasteiger charge is 2.16. The topological polar surface area (TPSA) is 66.4 Å². The molecular weight excluding hydrogens is 202 g/mol. The van der Waals surface area contributed by atoms with Crippen molar-refractivity contribution in [1.29, 1.82) is 0 Å². The Bertz CT molecular complexity index is 417. The number of carbonyl (C=O) groups excluding carboxylic acids is 1. The predicted octanol–water partition coefficient (Wildman–Crippen LogP) is 1.23. The molecule has 0 bridgehead atoms. The Hall–Kier alpha value is -1.49. The number of hydrogen-bond acceptors (Lipinski definition) is 3. The second-order valence-corrected chi connectivity index (χ2v) is 3.78. The molecule has 0 unspecified atom stereocenters. The number of rotatable bonds is 1. The van der Waals surface area contributed by atoms with Gasteiger partial charge in [0, 0.05) is 4.90 Å². The molecule has 1 aliphatic rings. The molecule has 4 nitrogen and oxygen atoms in total.